The molecule has 0 aliphatic rings. The van der Waals surface area contributed by atoms with Crippen molar-refractivity contribution in [1.82, 2.24) is 10.7 Å². The summed E-state index contributed by atoms with van der Waals surface area (Å²) < 4.78 is 5.73. The molecule has 24 heavy (non-hydrogen) atoms. The van der Waals surface area contributed by atoms with E-state index in [0.717, 1.165) is 16.9 Å². The Morgan fingerprint density at radius 2 is 2.04 bits per heavy atom. The molecule has 6 heteroatoms. The minimum Gasteiger partial charge on any atom is -0.489 e. The highest BCUT2D eigenvalue weighted by Gasteiger charge is 1.97. The van der Waals surface area contributed by atoms with Crippen LogP contribution in [-0.2, 0) is 6.61 Å². The molecule has 0 radical (unpaired) electrons. The average molecular weight is 360 g/mol. The van der Waals surface area contributed by atoms with Crippen LogP contribution in [0.2, 0.25) is 5.02 Å². The highest BCUT2D eigenvalue weighted by atomic mass is 35.5. The number of hydrogen-bond donors (Lipinski definition) is 2. The van der Waals surface area contributed by atoms with Crippen molar-refractivity contribution in [2.24, 2.45) is 5.10 Å². The van der Waals surface area contributed by atoms with Crippen LogP contribution in [0.15, 0.2) is 66.3 Å². The van der Waals surface area contributed by atoms with E-state index in [2.05, 4.69) is 22.4 Å². The molecular formula is C18H18ClN3OS. The third-order valence-corrected chi connectivity index (χ3v) is 3.43. The lowest BCUT2D eigenvalue weighted by atomic mass is 10.2. The van der Waals surface area contributed by atoms with E-state index in [0.29, 0.717) is 23.3 Å². The monoisotopic (exact) mass is 359 g/mol. The van der Waals surface area contributed by atoms with E-state index in [-0.39, 0.29) is 0 Å². The number of halogens is 1. The van der Waals surface area contributed by atoms with E-state index in [9.17, 15) is 0 Å². The molecule has 124 valence electrons. The Balaban J connectivity index is 1.82. The Kier molecular flexibility index (Phi) is 7.26. The summed E-state index contributed by atoms with van der Waals surface area (Å²) in [7, 11) is 0. The standard InChI is InChI=1S/C18H18ClN3OS/c1-2-10-20-18(24)22-21-12-14-6-8-17(9-7-14)23-13-15-4-3-5-16(19)11-15/h2-9,11-12H,1,10,13H2,(H2,20,22,24)/b21-12-. The molecule has 0 atom stereocenters. The lowest BCUT2D eigenvalue weighted by molar-refractivity contribution is 0.306. The normalized spacial score (nSPS) is 10.4. The molecule has 0 aromatic heterocycles. The molecule has 0 saturated heterocycles. The van der Waals surface area contributed by atoms with Gasteiger partial charge in [-0.15, -0.1) is 6.58 Å². The third kappa shape index (κ3) is 6.40. The molecule has 2 N–H and O–H groups in total. The number of rotatable bonds is 7. The van der Waals surface area contributed by atoms with Crippen LogP contribution in [0.3, 0.4) is 0 Å². The summed E-state index contributed by atoms with van der Waals surface area (Å²) in [4.78, 5) is 0. The molecule has 0 amide bonds. The van der Waals surface area contributed by atoms with E-state index < -0.39 is 0 Å². The van der Waals surface area contributed by atoms with Crippen LogP contribution in [0, 0.1) is 0 Å². The highest BCUT2D eigenvalue weighted by Crippen LogP contribution is 2.15. The fourth-order valence-corrected chi connectivity index (χ4v) is 2.16. The molecule has 0 fully saturated rings. The molecule has 0 unspecified atom stereocenters. The number of nitrogens with one attached hydrogen (secondary N) is 2. The SMILES string of the molecule is C=CCNC(=S)N/N=C\c1ccc(OCc2cccc(Cl)c2)cc1. The van der Waals surface area contributed by atoms with Gasteiger partial charge in [0.25, 0.3) is 0 Å². The molecule has 0 heterocycles. The summed E-state index contributed by atoms with van der Waals surface area (Å²) in [6.07, 6.45) is 3.41. The maximum Gasteiger partial charge on any atom is 0.187 e. The van der Waals surface area contributed by atoms with Crippen molar-refractivity contribution in [2.45, 2.75) is 6.61 Å². The minimum atomic E-state index is 0.452. The number of hydrogen-bond acceptors (Lipinski definition) is 3. The summed E-state index contributed by atoms with van der Waals surface area (Å²) in [5.41, 5.74) is 4.69. The zero-order valence-corrected chi connectivity index (χ0v) is 14.6. The molecule has 0 aliphatic carbocycles. The zero-order chi connectivity index (χ0) is 17.2. The van der Waals surface area contributed by atoms with Gasteiger partial charge in [-0.2, -0.15) is 5.10 Å². The van der Waals surface area contributed by atoms with Crippen LogP contribution in [0.5, 0.6) is 5.75 Å². The molecule has 0 bridgehead atoms. The zero-order valence-electron chi connectivity index (χ0n) is 13.0. The minimum absolute atomic E-state index is 0.452. The van der Waals surface area contributed by atoms with E-state index in [1.807, 2.05) is 48.5 Å². The van der Waals surface area contributed by atoms with Crippen molar-refractivity contribution >= 4 is 35.1 Å². The lowest BCUT2D eigenvalue weighted by Crippen LogP contribution is -2.31. The van der Waals surface area contributed by atoms with E-state index in [4.69, 9.17) is 28.6 Å². The Morgan fingerprint density at radius 3 is 2.75 bits per heavy atom. The number of ether oxygens (including phenoxy) is 1. The van der Waals surface area contributed by atoms with Crippen LogP contribution in [-0.4, -0.2) is 17.9 Å². The first-order valence-corrected chi connectivity index (χ1v) is 8.11. The average Bonchev–Trinajstić information content (AvgIpc) is 2.59. The van der Waals surface area contributed by atoms with Crippen molar-refractivity contribution in [1.29, 1.82) is 0 Å². The largest absolute Gasteiger partial charge is 0.489 e. The summed E-state index contributed by atoms with van der Waals surface area (Å²) >= 11 is 11.0. The van der Waals surface area contributed by atoms with Crippen LogP contribution >= 0.6 is 23.8 Å². The number of hydrazone groups is 1. The second-order valence-corrected chi connectivity index (χ2v) is 5.70. The number of nitrogens with zero attached hydrogens (tertiary/aromatic N) is 1. The lowest BCUT2D eigenvalue weighted by Gasteiger charge is -2.07. The molecule has 0 spiro atoms. The van der Waals surface area contributed by atoms with Gasteiger partial charge in [0.1, 0.15) is 12.4 Å². The quantitative estimate of drug-likeness (QED) is 0.340. The molecule has 2 aromatic carbocycles. The van der Waals surface area contributed by atoms with Gasteiger partial charge in [0.05, 0.1) is 6.21 Å². The Labute approximate surface area is 152 Å². The molecule has 2 aromatic rings. The Hall–Kier alpha value is -2.37. The molecule has 4 nitrogen and oxygen atoms in total. The summed E-state index contributed by atoms with van der Waals surface area (Å²) in [6, 6.07) is 15.2. The van der Waals surface area contributed by atoms with Gasteiger partial charge in [0.2, 0.25) is 0 Å². The van der Waals surface area contributed by atoms with Gasteiger partial charge >= 0.3 is 0 Å². The topological polar surface area (TPSA) is 45.7 Å². The molecule has 0 aliphatic heterocycles. The predicted octanol–water partition coefficient (Wildman–Crippen LogP) is 3.90. The molecular weight excluding hydrogens is 342 g/mol. The summed E-state index contributed by atoms with van der Waals surface area (Å²) in [5, 5.41) is 8.14. The van der Waals surface area contributed by atoms with Gasteiger partial charge in [-0.3, -0.25) is 5.43 Å². The van der Waals surface area contributed by atoms with E-state index in [1.165, 1.54) is 0 Å². The first-order chi connectivity index (χ1) is 11.7. The second-order valence-electron chi connectivity index (χ2n) is 4.86. The van der Waals surface area contributed by atoms with Crippen LogP contribution in [0.1, 0.15) is 11.1 Å². The Morgan fingerprint density at radius 1 is 1.25 bits per heavy atom. The van der Waals surface area contributed by atoms with Crippen LogP contribution < -0.4 is 15.5 Å². The highest BCUT2D eigenvalue weighted by molar-refractivity contribution is 7.80. The summed E-state index contributed by atoms with van der Waals surface area (Å²) in [6.45, 7) is 4.67. The fraction of sp³-hybridized carbons (Fsp3) is 0.111. The fourth-order valence-electron chi connectivity index (χ4n) is 1.81. The maximum absolute atomic E-state index is 5.95. The van der Waals surface area contributed by atoms with E-state index in [1.54, 1.807) is 12.3 Å². The van der Waals surface area contributed by atoms with Gasteiger partial charge in [-0.05, 0) is 59.7 Å². The van der Waals surface area contributed by atoms with Crippen molar-refractivity contribution in [3.8, 4) is 5.75 Å². The van der Waals surface area contributed by atoms with Gasteiger partial charge < -0.3 is 10.1 Å². The predicted molar refractivity (Wildman–Crippen MR) is 104 cm³/mol. The van der Waals surface area contributed by atoms with Crippen molar-refractivity contribution in [2.75, 3.05) is 6.54 Å². The maximum atomic E-state index is 5.95. The van der Waals surface area contributed by atoms with Crippen molar-refractivity contribution in [3.05, 3.63) is 77.3 Å². The first kappa shape index (κ1) is 18.0. The van der Waals surface area contributed by atoms with Gasteiger partial charge in [0, 0.05) is 11.6 Å². The van der Waals surface area contributed by atoms with Gasteiger partial charge in [-0.25, -0.2) is 0 Å². The summed E-state index contributed by atoms with van der Waals surface area (Å²) in [5.74, 6) is 0.781. The van der Waals surface area contributed by atoms with Gasteiger partial charge in [0.15, 0.2) is 5.11 Å². The van der Waals surface area contributed by atoms with Crippen molar-refractivity contribution in [3.63, 3.8) is 0 Å². The Bertz CT molecular complexity index is 716. The smallest absolute Gasteiger partial charge is 0.187 e. The van der Waals surface area contributed by atoms with Gasteiger partial charge in [-0.1, -0.05) is 29.8 Å². The number of thiocarbonyl (C=S) groups is 1. The molecule has 0 saturated carbocycles. The second kappa shape index (κ2) is 9.70. The first-order valence-electron chi connectivity index (χ1n) is 7.32. The van der Waals surface area contributed by atoms with Crippen LogP contribution in [0.4, 0.5) is 0 Å². The molecule has 2 rings (SSSR count). The van der Waals surface area contributed by atoms with Crippen LogP contribution in [0.25, 0.3) is 0 Å². The number of benzene rings is 2. The third-order valence-electron chi connectivity index (χ3n) is 2.96. The van der Waals surface area contributed by atoms with Crippen molar-refractivity contribution < 1.29 is 4.74 Å². The van der Waals surface area contributed by atoms with E-state index >= 15 is 0 Å².